The molecule has 204 valence electrons. The van der Waals surface area contributed by atoms with Gasteiger partial charge in [0.2, 0.25) is 5.91 Å². The molecule has 0 fully saturated rings. The number of hydrogen-bond donors (Lipinski definition) is 2. The lowest BCUT2D eigenvalue weighted by Gasteiger charge is -2.15. The van der Waals surface area contributed by atoms with Crippen LogP contribution in [-0.2, 0) is 17.8 Å². The molecule has 0 atom stereocenters. The Morgan fingerprint density at radius 3 is 2.40 bits per heavy atom. The van der Waals surface area contributed by atoms with E-state index in [4.69, 9.17) is 21.1 Å². The summed E-state index contributed by atoms with van der Waals surface area (Å²) in [4.78, 5) is 24.8. The molecule has 0 aliphatic carbocycles. The van der Waals surface area contributed by atoms with E-state index in [2.05, 4.69) is 31.8 Å². The second-order valence-electron chi connectivity index (χ2n) is 8.67. The molecule has 2 N–H and O–H groups in total. The molecule has 4 aromatic rings. The zero-order chi connectivity index (χ0) is 28.3. The van der Waals surface area contributed by atoms with E-state index in [-0.39, 0.29) is 18.2 Å². The van der Waals surface area contributed by atoms with Gasteiger partial charge in [-0.15, -0.1) is 0 Å². The molecule has 2 amide bonds. The van der Waals surface area contributed by atoms with Gasteiger partial charge in [0.15, 0.2) is 11.5 Å². The van der Waals surface area contributed by atoms with E-state index in [0.29, 0.717) is 51.0 Å². The first-order valence-electron chi connectivity index (χ1n) is 12.5. The van der Waals surface area contributed by atoms with Crippen LogP contribution in [-0.4, -0.2) is 24.6 Å². The van der Waals surface area contributed by atoms with E-state index >= 15 is 0 Å². The summed E-state index contributed by atoms with van der Waals surface area (Å²) in [5.41, 5.74) is 6.08. The predicted molar refractivity (Wildman–Crippen MR) is 161 cm³/mol. The lowest BCUT2D eigenvalue weighted by atomic mass is 10.1. The Labute approximate surface area is 246 Å². The van der Waals surface area contributed by atoms with Crippen molar-refractivity contribution in [3.05, 3.63) is 123 Å². The first-order chi connectivity index (χ1) is 19.4. The molecule has 40 heavy (non-hydrogen) atoms. The minimum absolute atomic E-state index is 0.133. The number of hydrazone groups is 1. The number of halogens is 2. The molecule has 4 aromatic carbocycles. The second-order valence-corrected chi connectivity index (χ2v) is 9.96. The molecule has 0 heterocycles. The van der Waals surface area contributed by atoms with Crippen molar-refractivity contribution in [1.82, 2.24) is 5.43 Å². The summed E-state index contributed by atoms with van der Waals surface area (Å²) in [6, 6.07) is 27.1. The van der Waals surface area contributed by atoms with Crippen LogP contribution in [0.4, 0.5) is 5.69 Å². The second kappa shape index (κ2) is 14.3. The monoisotopic (exact) mass is 619 g/mol. The quantitative estimate of drug-likeness (QED) is 0.139. The molecule has 9 heteroatoms. The number of benzene rings is 4. The van der Waals surface area contributed by atoms with Crippen molar-refractivity contribution >= 4 is 51.2 Å². The highest BCUT2D eigenvalue weighted by molar-refractivity contribution is 9.10. The van der Waals surface area contributed by atoms with Crippen molar-refractivity contribution in [2.24, 2.45) is 5.10 Å². The van der Waals surface area contributed by atoms with Crippen LogP contribution in [0.2, 0.25) is 5.02 Å². The van der Waals surface area contributed by atoms with E-state index in [1.807, 2.05) is 67.6 Å². The number of rotatable bonds is 11. The van der Waals surface area contributed by atoms with Crippen LogP contribution in [0.15, 0.2) is 101 Å². The number of nitrogens with one attached hydrogen (secondary N) is 2. The van der Waals surface area contributed by atoms with E-state index in [1.54, 1.807) is 30.3 Å². The molecule has 0 saturated heterocycles. The van der Waals surface area contributed by atoms with Gasteiger partial charge in [-0.2, -0.15) is 5.10 Å². The summed E-state index contributed by atoms with van der Waals surface area (Å²) < 4.78 is 12.5. The van der Waals surface area contributed by atoms with Gasteiger partial charge in [0.05, 0.1) is 23.7 Å². The molecule has 4 rings (SSSR count). The Hall–Kier alpha value is -4.14. The standard InChI is InChI=1S/C31H27BrClN3O4/c1-2-39-28-17-23(16-27(32)30(28)40-20-22-9-6-10-25(33)15-22)19-34-36-31(38)24-11-13-26(14-12-24)35-29(37)18-21-7-4-3-5-8-21/h3-17,19H,2,18,20H2,1H3,(H,35,37)(H,36,38)/b34-19-. The number of amides is 2. The predicted octanol–water partition coefficient (Wildman–Crippen LogP) is 7.03. The fraction of sp³-hybridized carbons (Fsp3) is 0.129. The van der Waals surface area contributed by atoms with E-state index in [9.17, 15) is 9.59 Å². The Balaban J connectivity index is 1.34. The summed E-state index contributed by atoms with van der Waals surface area (Å²) in [6.45, 7) is 2.65. The van der Waals surface area contributed by atoms with Crippen LogP contribution in [0, 0.1) is 0 Å². The van der Waals surface area contributed by atoms with Crippen LogP contribution >= 0.6 is 27.5 Å². The summed E-state index contributed by atoms with van der Waals surface area (Å²) >= 11 is 9.62. The zero-order valence-electron chi connectivity index (χ0n) is 21.7. The average molecular weight is 621 g/mol. The fourth-order valence-electron chi connectivity index (χ4n) is 3.77. The maximum absolute atomic E-state index is 12.6. The first-order valence-corrected chi connectivity index (χ1v) is 13.7. The van der Waals surface area contributed by atoms with Gasteiger partial charge in [0.25, 0.3) is 5.91 Å². The summed E-state index contributed by atoms with van der Waals surface area (Å²) in [7, 11) is 0. The third kappa shape index (κ3) is 8.43. The third-order valence-electron chi connectivity index (χ3n) is 5.62. The summed E-state index contributed by atoms with van der Waals surface area (Å²) in [5.74, 6) is 0.575. The van der Waals surface area contributed by atoms with Crippen LogP contribution < -0.4 is 20.2 Å². The maximum Gasteiger partial charge on any atom is 0.271 e. The summed E-state index contributed by atoms with van der Waals surface area (Å²) in [6.07, 6.45) is 1.79. The summed E-state index contributed by atoms with van der Waals surface area (Å²) in [5, 5.41) is 7.56. The van der Waals surface area contributed by atoms with Gasteiger partial charge in [-0.25, -0.2) is 5.43 Å². The molecule has 0 aromatic heterocycles. The van der Waals surface area contributed by atoms with E-state index < -0.39 is 0 Å². The number of ether oxygens (including phenoxy) is 2. The zero-order valence-corrected chi connectivity index (χ0v) is 24.0. The lowest BCUT2D eigenvalue weighted by Crippen LogP contribution is -2.18. The average Bonchev–Trinajstić information content (AvgIpc) is 2.93. The van der Waals surface area contributed by atoms with Gasteiger partial charge in [-0.05, 0) is 88.1 Å². The molecule has 0 saturated carbocycles. The van der Waals surface area contributed by atoms with Gasteiger partial charge in [0.1, 0.15) is 6.61 Å². The Morgan fingerprint density at radius 2 is 1.68 bits per heavy atom. The fourth-order valence-corrected chi connectivity index (χ4v) is 4.56. The van der Waals surface area contributed by atoms with Crippen molar-refractivity contribution < 1.29 is 19.1 Å². The Kier molecular flexibility index (Phi) is 10.3. The smallest absolute Gasteiger partial charge is 0.271 e. The van der Waals surface area contributed by atoms with Crippen LogP contribution in [0.25, 0.3) is 0 Å². The topological polar surface area (TPSA) is 89.0 Å². The molecule has 0 radical (unpaired) electrons. The molecule has 0 aliphatic heterocycles. The van der Waals surface area contributed by atoms with Gasteiger partial charge in [0, 0.05) is 16.3 Å². The number of nitrogens with zero attached hydrogens (tertiary/aromatic N) is 1. The van der Waals surface area contributed by atoms with Crippen molar-refractivity contribution in [2.75, 3.05) is 11.9 Å². The van der Waals surface area contributed by atoms with E-state index in [0.717, 1.165) is 11.1 Å². The highest BCUT2D eigenvalue weighted by Gasteiger charge is 2.13. The van der Waals surface area contributed by atoms with Crippen LogP contribution in [0.3, 0.4) is 0 Å². The Bertz CT molecular complexity index is 1490. The molecule has 0 aliphatic rings. The van der Waals surface area contributed by atoms with Crippen LogP contribution in [0.5, 0.6) is 11.5 Å². The molecule has 0 bridgehead atoms. The number of hydrogen-bond acceptors (Lipinski definition) is 5. The van der Waals surface area contributed by atoms with E-state index in [1.165, 1.54) is 6.21 Å². The number of anilines is 1. The van der Waals surface area contributed by atoms with Crippen molar-refractivity contribution in [3.8, 4) is 11.5 Å². The van der Waals surface area contributed by atoms with Gasteiger partial charge in [-0.3, -0.25) is 9.59 Å². The minimum Gasteiger partial charge on any atom is -0.490 e. The van der Waals surface area contributed by atoms with Gasteiger partial charge < -0.3 is 14.8 Å². The molecular formula is C31H27BrClN3O4. The molecule has 0 spiro atoms. The largest absolute Gasteiger partial charge is 0.490 e. The lowest BCUT2D eigenvalue weighted by molar-refractivity contribution is -0.115. The SMILES string of the molecule is CCOc1cc(/C=N\NC(=O)c2ccc(NC(=O)Cc3ccccc3)cc2)cc(Br)c1OCc1cccc(Cl)c1. The highest BCUT2D eigenvalue weighted by Crippen LogP contribution is 2.37. The molecule has 7 nitrogen and oxygen atoms in total. The number of carbonyl (C=O) groups is 2. The van der Waals surface area contributed by atoms with Crippen molar-refractivity contribution in [2.45, 2.75) is 20.0 Å². The van der Waals surface area contributed by atoms with Crippen LogP contribution in [0.1, 0.15) is 34.0 Å². The Morgan fingerprint density at radius 1 is 0.925 bits per heavy atom. The molecule has 0 unspecified atom stereocenters. The third-order valence-corrected chi connectivity index (χ3v) is 6.45. The molecular weight excluding hydrogens is 594 g/mol. The minimum atomic E-state index is -0.385. The first kappa shape index (κ1) is 28.9. The maximum atomic E-state index is 12.6. The number of carbonyl (C=O) groups excluding carboxylic acids is 2. The van der Waals surface area contributed by atoms with Crippen molar-refractivity contribution in [1.29, 1.82) is 0 Å². The van der Waals surface area contributed by atoms with Gasteiger partial charge >= 0.3 is 0 Å². The normalized spacial score (nSPS) is 10.8. The highest BCUT2D eigenvalue weighted by atomic mass is 79.9. The van der Waals surface area contributed by atoms with Crippen molar-refractivity contribution in [3.63, 3.8) is 0 Å². The van der Waals surface area contributed by atoms with Gasteiger partial charge in [-0.1, -0.05) is 54.1 Å².